The monoisotopic (exact) mass is 389 g/mol. The van der Waals surface area contributed by atoms with Crippen LogP contribution >= 0.6 is 11.3 Å². The van der Waals surface area contributed by atoms with Crippen LogP contribution in [-0.2, 0) is 0 Å². The highest BCUT2D eigenvalue weighted by Gasteiger charge is 2.28. The summed E-state index contributed by atoms with van der Waals surface area (Å²) < 4.78 is 6.61. The number of nitrogens with zero attached hydrogens (tertiary/aromatic N) is 3. The van der Waals surface area contributed by atoms with Gasteiger partial charge in [-0.25, -0.2) is 4.98 Å². The van der Waals surface area contributed by atoms with Crippen molar-refractivity contribution in [1.82, 2.24) is 15.0 Å². The van der Waals surface area contributed by atoms with Crippen molar-refractivity contribution >= 4 is 27.5 Å². The van der Waals surface area contributed by atoms with Crippen molar-refractivity contribution in [1.29, 1.82) is 0 Å². The zero-order chi connectivity index (χ0) is 18.9. The first-order valence-corrected chi connectivity index (χ1v) is 10.3. The third-order valence-corrected chi connectivity index (χ3v) is 6.43. The van der Waals surface area contributed by atoms with Crippen molar-refractivity contribution in [3.63, 3.8) is 0 Å². The van der Waals surface area contributed by atoms with E-state index in [1.807, 2.05) is 47.4 Å². The number of amides is 1. The minimum atomic E-state index is -0.0614. The maximum absolute atomic E-state index is 12.8. The first-order valence-electron chi connectivity index (χ1n) is 9.45. The number of piperidine rings is 1. The lowest BCUT2D eigenvalue weighted by atomic mass is 9.97. The third-order valence-electron chi connectivity index (χ3n) is 5.23. The van der Waals surface area contributed by atoms with E-state index in [0.29, 0.717) is 30.5 Å². The summed E-state index contributed by atoms with van der Waals surface area (Å²) in [6, 6.07) is 19.7. The maximum atomic E-state index is 12.8. The van der Waals surface area contributed by atoms with Crippen molar-refractivity contribution in [2.24, 2.45) is 0 Å². The number of para-hydroxylation sites is 1. The first kappa shape index (κ1) is 17.1. The number of carbonyl (C=O) groups is 1. The van der Waals surface area contributed by atoms with Gasteiger partial charge in [0, 0.05) is 30.6 Å². The number of hydrogen-bond donors (Lipinski definition) is 0. The number of hydrogen-bond acceptors (Lipinski definition) is 5. The Bertz CT molecular complexity index is 1080. The largest absolute Gasteiger partial charge is 0.355 e. The van der Waals surface area contributed by atoms with E-state index < -0.39 is 0 Å². The van der Waals surface area contributed by atoms with Crippen LogP contribution in [0, 0.1) is 0 Å². The molecule has 5 nitrogen and oxygen atoms in total. The number of likely N-dealkylation sites (tertiary alicyclic amines) is 1. The molecule has 1 saturated heterocycles. The topological polar surface area (TPSA) is 59.2 Å². The van der Waals surface area contributed by atoms with Crippen LogP contribution in [0.25, 0.3) is 21.5 Å². The minimum absolute atomic E-state index is 0.0614. The second kappa shape index (κ2) is 7.20. The Labute approximate surface area is 166 Å². The quantitative estimate of drug-likeness (QED) is 0.496. The van der Waals surface area contributed by atoms with Gasteiger partial charge < -0.3 is 9.42 Å². The smallest absolute Gasteiger partial charge is 0.276 e. The molecule has 0 N–H and O–H groups in total. The zero-order valence-electron chi connectivity index (χ0n) is 15.2. The van der Waals surface area contributed by atoms with Gasteiger partial charge in [-0.3, -0.25) is 4.79 Å². The minimum Gasteiger partial charge on any atom is -0.355 e. The lowest BCUT2D eigenvalue weighted by molar-refractivity contribution is 0.0702. The maximum Gasteiger partial charge on any atom is 0.276 e. The summed E-state index contributed by atoms with van der Waals surface area (Å²) >= 11 is 1.77. The molecule has 1 aliphatic rings. The van der Waals surface area contributed by atoms with Gasteiger partial charge in [0.1, 0.15) is 0 Å². The van der Waals surface area contributed by atoms with E-state index in [-0.39, 0.29) is 5.91 Å². The van der Waals surface area contributed by atoms with E-state index in [9.17, 15) is 4.79 Å². The first-order chi connectivity index (χ1) is 13.8. The molecule has 3 heterocycles. The average Bonchev–Trinajstić information content (AvgIpc) is 3.41. The van der Waals surface area contributed by atoms with E-state index in [1.54, 1.807) is 17.4 Å². The number of rotatable bonds is 3. The zero-order valence-corrected chi connectivity index (χ0v) is 16.1. The molecule has 0 unspecified atom stereocenters. The van der Waals surface area contributed by atoms with Crippen LogP contribution in [0.1, 0.15) is 34.3 Å². The molecule has 6 heteroatoms. The molecule has 0 aliphatic carbocycles. The number of carbonyl (C=O) groups excluding carboxylic acids is 1. The van der Waals surface area contributed by atoms with Gasteiger partial charge in [-0.15, -0.1) is 11.3 Å². The lowest BCUT2D eigenvalue weighted by Gasteiger charge is -2.30. The molecular weight excluding hydrogens is 370 g/mol. The number of aromatic nitrogens is 2. The predicted molar refractivity (Wildman–Crippen MR) is 109 cm³/mol. The van der Waals surface area contributed by atoms with Gasteiger partial charge in [-0.2, -0.15) is 0 Å². The molecule has 1 aliphatic heterocycles. The fourth-order valence-electron chi connectivity index (χ4n) is 3.67. The van der Waals surface area contributed by atoms with Crippen LogP contribution in [0.4, 0.5) is 0 Å². The Balaban J connectivity index is 1.26. The van der Waals surface area contributed by atoms with Gasteiger partial charge in [-0.05, 0) is 25.0 Å². The van der Waals surface area contributed by atoms with Crippen LogP contribution < -0.4 is 0 Å². The molecule has 28 heavy (non-hydrogen) atoms. The fraction of sp³-hybridized carbons (Fsp3) is 0.227. The van der Waals surface area contributed by atoms with Gasteiger partial charge in [0.2, 0.25) is 0 Å². The molecule has 0 saturated carbocycles. The van der Waals surface area contributed by atoms with Crippen molar-refractivity contribution in [2.75, 3.05) is 13.1 Å². The Morgan fingerprint density at radius 2 is 1.79 bits per heavy atom. The highest BCUT2D eigenvalue weighted by atomic mass is 32.1. The van der Waals surface area contributed by atoms with E-state index in [4.69, 9.17) is 9.51 Å². The molecular formula is C22H19N3O2S. The summed E-state index contributed by atoms with van der Waals surface area (Å²) in [6.07, 6.45) is 1.85. The van der Waals surface area contributed by atoms with Crippen LogP contribution in [-0.4, -0.2) is 34.0 Å². The third kappa shape index (κ3) is 3.20. The van der Waals surface area contributed by atoms with Crippen LogP contribution in [0.2, 0.25) is 0 Å². The number of thiazole rings is 1. The fourth-order valence-corrected chi connectivity index (χ4v) is 4.81. The van der Waals surface area contributed by atoms with E-state index in [0.717, 1.165) is 23.9 Å². The molecule has 5 rings (SSSR count). The second-order valence-electron chi connectivity index (χ2n) is 7.03. The number of fused-ring (bicyclic) bond motifs is 1. The molecule has 2 aromatic heterocycles. The van der Waals surface area contributed by atoms with Crippen LogP contribution in [0.15, 0.2) is 65.2 Å². The molecule has 0 spiro atoms. The second-order valence-corrected chi connectivity index (χ2v) is 8.09. The Hall–Kier alpha value is -2.99. The predicted octanol–water partition coefficient (Wildman–Crippen LogP) is 4.97. The highest BCUT2D eigenvalue weighted by molar-refractivity contribution is 7.18. The van der Waals surface area contributed by atoms with Crippen LogP contribution in [0.3, 0.4) is 0 Å². The van der Waals surface area contributed by atoms with Gasteiger partial charge in [-0.1, -0.05) is 47.6 Å². The summed E-state index contributed by atoms with van der Waals surface area (Å²) in [5, 5.41) is 5.18. The molecule has 0 atom stereocenters. The summed E-state index contributed by atoms with van der Waals surface area (Å²) in [5.74, 6) is 0.973. The molecule has 1 fully saturated rings. The van der Waals surface area contributed by atoms with Gasteiger partial charge in [0.25, 0.3) is 5.91 Å². The Kier molecular flexibility index (Phi) is 4.41. The number of benzene rings is 2. The summed E-state index contributed by atoms with van der Waals surface area (Å²) in [4.78, 5) is 19.5. The average molecular weight is 389 g/mol. The van der Waals surface area contributed by atoms with Crippen molar-refractivity contribution in [3.05, 3.63) is 71.4 Å². The van der Waals surface area contributed by atoms with Crippen molar-refractivity contribution in [3.8, 4) is 11.3 Å². The van der Waals surface area contributed by atoms with Gasteiger partial charge in [0.05, 0.1) is 15.2 Å². The van der Waals surface area contributed by atoms with Crippen molar-refractivity contribution in [2.45, 2.75) is 18.8 Å². The van der Waals surface area contributed by atoms with Crippen molar-refractivity contribution < 1.29 is 9.32 Å². The molecule has 0 radical (unpaired) electrons. The lowest BCUT2D eigenvalue weighted by Crippen LogP contribution is -2.38. The Morgan fingerprint density at radius 1 is 1.04 bits per heavy atom. The summed E-state index contributed by atoms with van der Waals surface area (Å²) in [5.41, 5.74) is 2.36. The van der Waals surface area contributed by atoms with E-state index in [2.05, 4.69) is 17.3 Å². The standard InChI is InChI=1S/C22H19N3O2S/c26-22(18-14-19(27-24-18)15-6-2-1-3-7-15)25-12-10-16(11-13-25)21-23-17-8-4-5-9-20(17)28-21/h1-9,14,16H,10-13H2. The normalized spacial score (nSPS) is 15.2. The summed E-state index contributed by atoms with van der Waals surface area (Å²) in [6.45, 7) is 1.43. The molecule has 2 aromatic carbocycles. The SMILES string of the molecule is O=C(c1cc(-c2ccccc2)on1)N1CCC(c2nc3ccccc3s2)CC1. The van der Waals surface area contributed by atoms with E-state index >= 15 is 0 Å². The van der Waals surface area contributed by atoms with E-state index in [1.165, 1.54) is 9.71 Å². The highest BCUT2D eigenvalue weighted by Crippen LogP contribution is 2.34. The van der Waals surface area contributed by atoms with Gasteiger partial charge >= 0.3 is 0 Å². The summed E-state index contributed by atoms with van der Waals surface area (Å²) in [7, 11) is 0. The molecule has 140 valence electrons. The molecule has 1 amide bonds. The van der Waals surface area contributed by atoms with Gasteiger partial charge in [0.15, 0.2) is 11.5 Å². The molecule has 4 aromatic rings. The molecule has 0 bridgehead atoms. The van der Waals surface area contributed by atoms with Crippen LogP contribution in [0.5, 0.6) is 0 Å². The Morgan fingerprint density at radius 3 is 2.57 bits per heavy atom.